The van der Waals surface area contributed by atoms with Crippen LogP contribution >= 0.6 is 0 Å². The fourth-order valence-electron chi connectivity index (χ4n) is 2.06. The van der Waals surface area contributed by atoms with Crippen molar-refractivity contribution in [2.45, 2.75) is 45.6 Å². The third-order valence-electron chi connectivity index (χ3n) is 3.11. The summed E-state index contributed by atoms with van der Waals surface area (Å²) in [7, 11) is 0. The molecule has 15 heavy (non-hydrogen) atoms. The van der Waals surface area contributed by atoms with Gasteiger partial charge in [-0.1, -0.05) is 13.3 Å². The summed E-state index contributed by atoms with van der Waals surface area (Å²) in [6, 6.07) is 2.30. The Morgan fingerprint density at radius 2 is 2.07 bits per heavy atom. The number of aliphatic hydroxyl groups is 1. The van der Waals surface area contributed by atoms with Gasteiger partial charge in [0.1, 0.15) is 0 Å². The first-order valence-corrected chi connectivity index (χ1v) is 5.77. The van der Waals surface area contributed by atoms with E-state index in [-0.39, 0.29) is 5.41 Å². The molecule has 0 amide bonds. The summed E-state index contributed by atoms with van der Waals surface area (Å²) in [5, 5.41) is 18.8. The standard InChI is InChI=1S/C12H22N2O/c1-4-5-12(15)9-14(10-12)7-6-11(2,3)8-13/h15H,4-7,9-10H2,1-3H3. The Labute approximate surface area is 92.7 Å². The Morgan fingerprint density at radius 1 is 1.47 bits per heavy atom. The summed E-state index contributed by atoms with van der Waals surface area (Å²) in [5.74, 6) is 0. The van der Waals surface area contributed by atoms with E-state index in [0.29, 0.717) is 0 Å². The zero-order valence-electron chi connectivity index (χ0n) is 10.1. The normalized spacial score (nSPS) is 20.7. The van der Waals surface area contributed by atoms with Crippen LogP contribution in [0.3, 0.4) is 0 Å². The second-order valence-corrected chi connectivity index (χ2v) is 5.43. The topological polar surface area (TPSA) is 47.3 Å². The van der Waals surface area contributed by atoms with Crippen LogP contribution in [0.5, 0.6) is 0 Å². The summed E-state index contributed by atoms with van der Waals surface area (Å²) < 4.78 is 0. The lowest BCUT2D eigenvalue weighted by molar-refractivity contribution is -0.104. The first-order valence-electron chi connectivity index (χ1n) is 5.77. The molecule has 0 bridgehead atoms. The van der Waals surface area contributed by atoms with Crippen LogP contribution < -0.4 is 0 Å². The SMILES string of the molecule is CCCC1(O)CN(CCC(C)(C)C#N)C1. The minimum atomic E-state index is -0.439. The van der Waals surface area contributed by atoms with Gasteiger partial charge in [-0.3, -0.25) is 4.90 Å². The van der Waals surface area contributed by atoms with Crippen molar-refractivity contribution >= 4 is 0 Å². The molecule has 1 fully saturated rings. The van der Waals surface area contributed by atoms with Crippen LogP contribution in [-0.4, -0.2) is 35.2 Å². The Morgan fingerprint density at radius 3 is 2.53 bits per heavy atom. The number of β-amino-alcohol motifs (C(OH)–C–C–N with tert-alkyl or cyclic N) is 1. The lowest BCUT2D eigenvalue weighted by Crippen LogP contribution is -2.61. The summed E-state index contributed by atoms with van der Waals surface area (Å²) in [6.45, 7) is 8.51. The first kappa shape index (κ1) is 12.5. The minimum Gasteiger partial charge on any atom is -0.387 e. The lowest BCUT2D eigenvalue weighted by atomic mass is 9.86. The van der Waals surface area contributed by atoms with E-state index in [9.17, 15) is 5.11 Å². The van der Waals surface area contributed by atoms with Crippen molar-refractivity contribution in [3.63, 3.8) is 0 Å². The van der Waals surface area contributed by atoms with Gasteiger partial charge in [0, 0.05) is 13.1 Å². The number of hydrogen-bond acceptors (Lipinski definition) is 3. The summed E-state index contributed by atoms with van der Waals surface area (Å²) in [5.41, 5.74) is -0.677. The second kappa shape index (κ2) is 4.51. The first-order chi connectivity index (χ1) is 6.91. The van der Waals surface area contributed by atoms with E-state index < -0.39 is 5.60 Å². The van der Waals surface area contributed by atoms with Crippen LogP contribution in [0.1, 0.15) is 40.0 Å². The fraction of sp³-hybridized carbons (Fsp3) is 0.917. The molecule has 0 aromatic rings. The molecule has 0 radical (unpaired) electrons. The van der Waals surface area contributed by atoms with Crippen LogP contribution in [0.2, 0.25) is 0 Å². The Hall–Kier alpha value is -0.590. The molecule has 0 atom stereocenters. The maximum absolute atomic E-state index is 9.96. The van der Waals surface area contributed by atoms with E-state index >= 15 is 0 Å². The average molecular weight is 210 g/mol. The monoisotopic (exact) mass is 210 g/mol. The minimum absolute atomic E-state index is 0.238. The molecule has 1 aliphatic heterocycles. The molecule has 1 saturated heterocycles. The molecule has 1 rings (SSSR count). The van der Waals surface area contributed by atoms with Crippen LogP contribution in [0.25, 0.3) is 0 Å². The Kier molecular flexibility index (Phi) is 3.75. The van der Waals surface area contributed by atoms with E-state index in [2.05, 4.69) is 17.9 Å². The van der Waals surface area contributed by atoms with Crippen LogP contribution in [0.4, 0.5) is 0 Å². The lowest BCUT2D eigenvalue weighted by Gasteiger charge is -2.47. The quantitative estimate of drug-likeness (QED) is 0.752. The molecule has 3 nitrogen and oxygen atoms in total. The van der Waals surface area contributed by atoms with Crippen molar-refractivity contribution < 1.29 is 5.11 Å². The number of likely N-dealkylation sites (tertiary alicyclic amines) is 1. The van der Waals surface area contributed by atoms with E-state index in [1.807, 2.05) is 13.8 Å². The van der Waals surface area contributed by atoms with E-state index in [1.54, 1.807) is 0 Å². The zero-order chi connectivity index (χ0) is 11.5. The van der Waals surface area contributed by atoms with Gasteiger partial charge in [0.15, 0.2) is 0 Å². The number of nitrogens with zero attached hydrogens (tertiary/aromatic N) is 2. The van der Waals surface area contributed by atoms with Gasteiger partial charge in [-0.25, -0.2) is 0 Å². The summed E-state index contributed by atoms with van der Waals surface area (Å²) in [4.78, 5) is 2.23. The molecule has 1 N–H and O–H groups in total. The Balaban J connectivity index is 2.21. The smallest absolute Gasteiger partial charge is 0.0900 e. The van der Waals surface area contributed by atoms with Gasteiger partial charge in [-0.05, 0) is 33.2 Å². The number of hydrogen-bond donors (Lipinski definition) is 1. The molecule has 0 aromatic carbocycles. The van der Waals surface area contributed by atoms with Crippen molar-refractivity contribution in [1.82, 2.24) is 4.90 Å². The predicted molar refractivity (Wildman–Crippen MR) is 60.3 cm³/mol. The van der Waals surface area contributed by atoms with E-state index in [4.69, 9.17) is 5.26 Å². The van der Waals surface area contributed by atoms with Crippen molar-refractivity contribution in [2.75, 3.05) is 19.6 Å². The number of nitriles is 1. The van der Waals surface area contributed by atoms with Gasteiger partial charge < -0.3 is 5.11 Å². The molecular weight excluding hydrogens is 188 g/mol. The summed E-state index contributed by atoms with van der Waals surface area (Å²) >= 11 is 0. The van der Waals surface area contributed by atoms with Crippen LogP contribution in [-0.2, 0) is 0 Å². The molecule has 1 heterocycles. The largest absolute Gasteiger partial charge is 0.387 e. The van der Waals surface area contributed by atoms with Gasteiger partial charge in [0.2, 0.25) is 0 Å². The third kappa shape index (κ3) is 3.48. The van der Waals surface area contributed by atoms with Crippen molar-refractivity contribution in [1.29, 1.82) is 5.26 Å². The maximum atomic E-state index is 9.96. The highest BCUT2D eigenvalue weighted by Crippen LogP contribution is 2.28. The van der Waals surface area contributed by atoms with Crippen LogP contribution in [0.15, 0.2) is 0 Å². The third-order valence-corrected chi connectivity index (χ3v) is 3.11. The van der Waals surface area contributed by atoms with Gasteiger partial charge >= 0.3 is 0 Å². The predicted octanol–water partition coefficient (Wildman–Crippen LogP) is 1.77. The molecule has 0 spiro atoms. The molecule has 1 aliphatic rings. The van der Waals surface area contributed by atoms with Crippen molar-refractivity contribution in [3.8, 4) is 6.07 Å². The van der Waals surface area contributed by atoms with E-state index in [1.165, 1.54) is 0 Å². The highest BCUT2D eigenvalue weighted by molar-refractivity contribution is 4.97. The average Bonchev–Trinajstić information content (AvgIpc) is 2.12. The molecule has 3 heteroatoms. The van der Waals surface area contributed by atoms with Gasteiger partial charge in [0.25, 0.3) is 0 Å². The molecule has 0 aromatic heterocycles. The van der Waals surface area contributed by atoms with Gasteiger partial charge in [-0.2, -0.15) is 5.26 Å². The second-order valence-electron chi connectivity index (χ2n) is 5.43. The Bertz CT molecular complexity index is 249. The molecule has 86 valence electrons. The van der Waals surface area contributed by atoms with E-state index in [0.717, 1.165) is 38.9 Å². The molecule has 0 unspecified atom stereocenters. The highest BCUT2D eigenvalue weighted by Gasteiger charge is 2.40. The maximum Gasteiger partial charge on any atom is 0.0900 e. The van der Waals surface area contributed by atoms with Crippen LogP contribution in [0, 0.1) is 16.7 Å². The van der Waals surface area contributed by atoms with Gasteiger partial charge in [0.05, 0.1) is 17.1 Å². The van der Waals surface area contributed by atoms with Crippen molar-refractivity contribution in [2.24, 2.45) is 5.41 Å². The number of rotatable bonds is 5. The molecule has 0 aliphatic carbocycles. The summed E-state index contributed by atoms with van der Waals surface area (Å²) in [6.07, 6.45) is 2.81. The molecular formula is C12H22N2O. The highest BCUT2D eigenvalue weighted by atomic mass is 16.3. The molecule has 0 saturated carbocycles. The van der Waals surface area contributed by atoms with Crippen molar-refractivity contribution in [3.05, 3.63) is 0 Å². The zero-order valence-corrected chi connectivity index (χ0v) is 10.1. The van der Waals surface area contributed by atoms with Gasteiger partial charge in [-0.15, -0.1) is 0 Å². The fourth-order valence-corrected chi connectivity index (χ4v) is 2.06.